The zero-order valence-electron chi connectivity index (χ0n) is 21.1. The molecule has 3 rings (SSSR count). The second kappa shape index (κ2) is 11.7. The van der Waals surface area contributed by atoms with E-state index in [-0.39, 0.29) is 30.5 Å². The lowest BCUT2D eigenvalue weighted by Gasteiger charge is -2.27. The van der Waals surface area contributed by atoms with Crippen molar-refractivity contribution in [2.45, 2.75) is 96.4 Å². The molecule has 1 aliphatic heterocycles. The van der Waals surface area contributed by atoms with Gasteiger partial charge in [0.25, 0.3) is 0 Å². The largest absolute Gasteiger partial charge is 0.508 e. The quantitative estimate of drug-likeness (QED) is 0.268. The molecule has 1 aliphatic carbocycles. The molecule has 0 bridgehead atoms. The molecular formula is C28H40O5S. The van der Waals surface area contributed by atoms with Crippen LogP contribution in [0.15, 0.2) is 41.9 Å². The fraction of sp³-hybridized carbons (Fsp3) is 0.607. The summed E-state index contributed by atoms with van der Waals surface area (Å²) >= 11 is 5.57. The molecule has 2 N–H and O–H groups in total. The lowest BCUT2D eigenvalue weighted by atomic mass is 9.79. The highest BCUT2D eigenvalue weighted by atomic mass is 32.1. The number of hydrogen-bond acceptors (Lipinski definition) is 6. The molecule has 6 heteroatoms. The lowest BCUT2D eigenvalue weighted by Crippen LogP contribution is -2.32. The minimum absolute atomic E-state index is 0.0224. The van der Waals surface area contributed by atoms with Crippen LogP contribution in [0.4, 0.5) is 0 Å². The summed E-state index contributed by atoms with van der Waals surface area (Å²) in [6.07, 6.45) is 10.7. The summed E-state index contributed by atoms with van der Waals surface area (Å²) in [5.74, 6) is 1.35. The molecule has 34 heavy (non-hydrogen) atoms. The zero-order chi connectivity index (χ0) is 24.8. The number of unbranched alkanes of at least 4 members (excludes halogenated alkanes) is 2. The summed E-state index contributed by atoms with van der Waals surface area (Å²) in [5.41, 5.74) is 1.51. The summed E-state index contributed by atoms with van der Waals surface area (Å²) in [4.78, 5) is 0.679. The lowest BCUT2D eigenvalue weighted by molar-refractivity contribution is -0.0803. The maximum absolute atomic E-state index is 10.5. The molecule has 2 aliphatic rings. The average Bonchev–Trinajstić information content (AvgIpc) is 3.19. The third-order valence-corrected chi connectivity index (χ3v) is 7.22. The van der Waals surface area contributed by atoms with E-state index in [2.05, 4.69) is 20.8 Å². The first-order valence-corrected chi connectivity index (χ1v) is 12.9. The van der Waals surface area contributed by atoms with Crippen molar-refractivity contribution in [1.82, 2.24) is 0 Å². The van der Waals surface area contributed by atoms with Gasteiger partial charge in [-0.05, 0) is 55.4 Å². The second-order valence-electron chi connectivity index (χ2n) is 10.4. The van der Waals surface area contributed by atoms with Crippen molar-refractivity contribution in [3.8, 4) is 5.75 Å². The van der Waals surface area contributed by atoms with Crippen LogP contribution in [0, 0.1) is 0 Å². The number of rotatable bonds is 12. The fourth-order valence-corrected chi connectivity index (χ4v) is 4.78. The number of hydrogen-bond donors (Lipinski definition) is 2. The number of aliphatic hydroxyl groups excluding tert-OH is 1. The Bertz CT molecular complexity index is 919. The first-order valence-electron chi connectivity index (χ1n) is 12.5. The van der Waals surface area contributed by atoms with Gasteiger partial charge in [0, 0.05) is 12.0 Å². The standard InChI is InChI=1S/C28H40O5S/c1-5-6-7-14-27(2,3)21-11-12-23(30)20(16-21)18-31-26-24(9-8-10-25(26)34)32-19-28(4)15-13-22(17-29)33-28/h8-9,11-12,16,22,29-30H,5-7,10,13-15,17-19H2,1-4H3. The Morgan fingerprint density at radius 2 is 2.03 bits per heavy atom. The van der Waals surface area contributed by atoms with Crippen molar-refractivity contribution in [3.05, 3.63) is 53.0 Å². The van der Waals surface area contributed by atoms with E-state index in [9.17, 15) is 10.2 Å². The molecule has 0 amide bonds. The molecule has 0 spiro atoms. The number of allylic oxidation sites excluding steroid dienone is 3. The Kier molecular flexibility index (Phi) is 9.19. The van der Waals surface area contributed by atoms with Gasteiger partial charge >= 0.3 is 0 Å². The molecule has 2 atom stereocenters. The number of phenols is 1. The van der Waals surface area contributed by atoms with Gasteiger partial charge in [-0.25, -0.2) is 0 Å². The van der Waals surface area contributed by atoms with Crippen LogP contribution >= 0.6 is 12.2 Å². The smallest absolute Gasteiger partial charge is 0.175 e. The van der Waals surface area contributed by atoms with Crippen LogP contribution in [-0.2, 0) is 26.2 Å². The molecule has 188 valence electrons. The molecular weight excluding hydrogens is 448 g/mol. The Hall–Kier alpha value is -1.89. The average molecular weight is 489 g/mol. The molecule has 1 saturated heterocycles. The van der Waals surface area contributed by atoms with Crippen molar-refractivity contribution < 1.29 is 24.4 Å². The summed E-state index contributed by atoms with van der Waals surface area (Å²) in [6.45, 7) is 9.31. The first-order chi connectivity index (χ1) is 16.2. The van der Waals surface area contributed by atoms with Gasteiger partial charge in [-0.3, -0.25) is 0 Å². The summed E-state index contributed by atoms with van der Waals surface area (Å²) < 4.78 is 18.2. The number of aliphatic hydroxyl groups is 1. The van der Waals surface area contributed by atoms with E-state index in [0.29, 0.717) is 29.4 Å². The van der Waals surface area contributed by atoms with E-state index >= 15 is 0 Å². The van der Waals surface area contributed by atoms with Crippen LogP contribution in [0.5, 0.6) is 5.75 Å². The van der Waals surface area contributed by atoms with Crippen molar-refractivity contribution in [1.29, 1.82) is 0 Å². The van der Waals surface area contributed by atoms with Gasteiger partial charge in [-0.2, -0.15) is 0 Å². The Morgan fingerprint density at radius 1 is 1.24 bits per heavy atom. The minimum Gasteiger partial charge on any atom is -0.508 e. The highest BCUT2D eigenvalue weighted by Gasteiger charge is 2.37. The van der Waals surface area contributed by atoms with Gasteiger partial charge in [0.2, 0.25) is 0 Å². The van der Waals surface area contributed by atoms with E-state index in [4.69, 9.17) is 26.4 Å². The van der Waals surface area contributed by atoms with Gasteiger partial charge in [0.1, 0.15) is 19.0 Å². The Balaban J connectivity index is 1.71. The summed E-state index contributed by atoms with van der Waals surface area (Å²) in [7, 11) is 0. The summed E-state index contributed by atoms with van der Waals surface area (Å²) in [6, 6.07) is 5.82. The van der Waals surface area contributed by atoms with Gasteiger partial charge < -0.3 is 24.4 Å². The summed E-state index contributed by atoms with van der Waals surface area (Å²) in [5, 5.41) is 19.9. The van der Waals surface area contributed by atoms with Crippen LogP contribution in [0.2, 0.25) is 0 Å². The first kappa shape index (κ1) is 26.7. The number of aromatic hydroxyl groups is 1. The van der Waals surface area contributed by atoms with Crippen molar-refractivity contribution >= 4 is 17.1 Å². The van der Waals surface area contributed by atoms with E-state index in [1.807, 2.05) is 31.2 Å². The van der Waals surface area contributed by atoms with Crippen LogP contribution < -0.4 is 0 Å². The molecule has 1 heterocycles. The van der Waals surface area contributed by atoms with Gasteiger partial charge in [0.15, 0.2) is 11.5 Å². The van der Waals surface area contributed by atoms with Crippen molar-refractivity contribution in [3.63, 3.8) is 0 Å². The number of thiocarbonyl (C=S) groups is 1. The maximum atomic E-state index is 10.5. The molecule has 0 saturated carbocycles. The van der Waals surface area contributed by atoms with Crippen molar-refractivity contribution in [2.24, 2.45) is 0 Å². The van der Waals surface area contributed by atoms with Crippen LogP contribution in [-0.4, -0.2) is 40.0 Å². The minimum atomic E-state index is -0.450. The molecule has 2 unspecified atom stereocenters. The molecule has 0 aromatic heterocycles. The predicted molar refractivity (Wildman–Crippen MR) is 139 cm³/mol. The highest BCUT2D eigenvalue weighted by Crippen LogP contribution is 2.34. The van der Waals surface area contributed by atoms with Crippen LogP contribution in [0.3, 0.4) is 0 Å². The van der Waals surface area contributed by atoms with Gasteiger partial charge in [-0.15, -0.1) is 0 Å². The topological polar surface area (TPSA) is 68.2 Å². The van der Waals surface area contributed by atoms with Crippen LogP contribution in [0.1, 0.15) is 83.8 Å². The second-order valence-corrected chi connectivity index (χ2v) is 10.9. The third kappa shape index (κ3) is 6.83. The number of benzene rings is 1. The molecule has 1 aromatic carbocycles. The molecule has 5 nitrogen and oxygen atoms in total. The number of phenolic OH excluding ortho intramolecular Hbond substituents is 1. The van der Waals surface area contributed by atoms with Crippen LogP contribution in [0.25, 0.3) is 0 Å². The van der Waals surface area contributed by atoms with E-state index < -0.39 is 5.60 Å². The zero-order valence-corrected chi connectivity index (χ0v) is 21.9. The van der Waals surface area contributed by atoms with Crippen molar-refractivity contribution in [2.75, 3.05) is 13.2 Å². The fourth-order valence-electron chi connectivity index (χ4n) is 4.53. The molecule has 0 radical (unpaired) electrons. The monoisotopic (exact) mass is 488 g/mol. The molecule has 1 fully saturated rings. The molecule has 1 aromatic rings. The Morgan fingerprint density at radius 3 is 2.74 bits per heavy atom. The Labute approximate surface area is 209 Å². The highest BCUT2D eigenvalue weighted by molar-refractivity contribution is 7.80. The number of ether oxygens (including phenoxy) is 3. The maximum Gasteiger partial charge on any atom is 0.175 e. The SMILES string of the molecule is CCCCCC(C)(C)c1ccc(O)c(COC2=C(OCC3(C)CCC(CO)O3)C=CCC2=S)c1. The van der Waals surface area contributed by atoms with E-state index in [1.165, 1.54) is 24.8 Å². The third-order valence-electron chi connectivity index (χ3n) is 6.87. The normalized spacial score (nSPS) is 23.0. The van der Waals surface area contributed by atoms with E-state index in [1.54, 1.807) is 6.07 Å². The predicted octanol–water partition coefficient (Wildman–Crippen LogP) is 6.25. The van der Waals surface area contributed by atoms with Gasteiger partial charge in [-0.1, -0.05) is 64.4 Å². The van der Waals surface area contributed by atoms with E-state index in [0.717, 1.165) is 24.8 Å². The van der Waals surface area contributed by atoms with Gasteiger partial charge in [0.05, 0.1) is 23.2 Å².